The van der Waals surface area contributed by atoms with Gasteiger partial charge in [0.05, 0.1) is 5.01 Å². The molecule has 1 unspecified atom stereocenters. The van der Waals surface area contributed by atoms with Crippen LogP contribution < -0.4 is 5.73 Å². The fourth-order valence-electron chi connectivity index (χ4n) is 1.16. The molecule has 0 spiro atoms. The van der Waals surface area contributed by atoms with Gasteiger partial charge < -0.3 is 10.5 Å². The standard InChI is InChI=1S/C8H14N2OS/c1-4-6(11-3)7-8(9)12-5(2)10-7/h6H,4,9H2,1-3H3. The van der Waals surface area contributed by atoms with Gasteiger partial charge in [0.2, 0.25) is 0 Å². The smallest absolute Gasteiger partial charge is 0.112 e. The first-order valence-electron chi connectivity index (χ1n) is 3.94. The molecule has 0 aromatic carbocycles. The molecule has 0 bridgehead atoms. The lowest BCUT2D eigenvalue weighted by atomic mass is 10.2. The molecule has 4 heteroatoms. The van der Waals surface area contributed by atoms with Crippen LogP contribution in [0, 0.1) is 6.92 Å². The van der Waals surface area contributed by atoms with E-state index in [1.165, 1.54) is 11.3 Å². The van der Waals surface area contributed by atoms with Gasteiger partial charge in [0.1, 0.15) is 16.8 Å². The van der Waals surface area contributed by atoms with E-state index in [-0.39, 0.29) is 6.10 Å². The molecular weight excluding hydrogens is 172 g/mol. The van der Waals surface area contributed by atoms with Gasteiger partial charge in [-0.2, -0.15) is 0 Å². The van der Waals surface area contributed by atoms with Gasteiger partial charge in [-0.05, 0) is 13.3 Å². The number of rotatable bonds is 3. The Morgan fingerprint density at radius 2 is 2.33 bits per heavy atom. The summed E-state index contributed by atoms with van der Waals surface area (Å²) < 4.78 is 5.24. The monoisotopic (exact) mass is 186 g/mol. The maximum absolute atomic E-state index is 5.77. The lowest BCUT2D eigenvalue weighted by Crippen LogP contribution is -2.02. The van der Waals surface area contributed by atoms with Crippen LogP contribution in [0.15, 0.2) is 0 Å². The summed E-state index contributed by atoms with van der Waals surface area (Å²) >= 11 is 1.51. The summed E-state index contributed by atoms with van der Waals surface area (Å²) in [6, 6.07) is 0. The average Bonchev–Trinajstić information content (AvgIpc) is 2.34. The summed E-state index contributed by atoms with van der Waals surface area (Å²) in [5.41, 5.74) is 6.66. The Kier molecular flexibility index (Phi) is 3.05. The molecule has 0 saturated heterocycles. The zero-order valence-corrected chi connectivity index (χ0v) is 8.44. The Morgan fingerprint density at radius 3 is 2.67 bits per heavy atom. The van der Waals surface area contributed by atoms with Crippen LogP contribution in [0.4, 0.5) is 5.00 Å². The molecule has 0 aliphatic carbocycles. The van der Waals surface area contributed by atoms with Crippen molar-refractivity contribution >= 4 is 16.3 Å². The molecule has 0 saturated carbocycles. The molecular formula is C8H14N2OS. The largest absolute Gasteiger partial charge is 0.389 e. The second kappa shape index (κ2) is 3.87. The molecule has 3 nitrogen and oxygen atoms in total. The third kappa shape index (κ3) is 1.76. The Hall–Kier alpha value is -0.610. The predicted octanol–water partition coefficient (Wildman–Crippen LogP) is 2.13. The Balaban J connectivity index is 2.91. The third-order valence-corrected chi connectivity index (χ3v) is 2.56. The van der Waals surface area contributed by atoms with Gasteiger partial charge in [0.25, 0.3) is 0 Å². The molecule has 2 N–H and O–H groups in total. The third-order valence-electron chi connectivity index (χ3n) is 1.75. The van der Waals surface area contributed by atoms with Gasteiger partial charge in [-0.1, -0.05) is 6.92 Å². The minimum absolute atomic E-state index is 0.0509. The average molecular weight is 186 g/mol. The number of methoxy groups -OCH3 is 1. The molecule has 0 amide bonds. The number of nitrogen functional groups attached to an aromatic ring is 1. The maximum atomic E-state index is 5.77. The molecule has 0 radical (unpaired) electrons. The molecule has 1 atom stereocenters. The topological polar surface area (TPSA) is 48.1 Å². The van der Waals surface area contributed by atoms with Crippen LogP contribution in [0.1, 0.15) is 30.2 Å². The quantitative estimate of drug-likeness (QED) is 0.786. The molecule has 1 heterocycles. The van der Waals surface area contributed by atoms with Crippen LogP contribution in [0.3, 0.4) is 0 Å². The molecule has 0 aliphatic heterocycles. The van der Waals surface area contributed by atoms with Crippen molar-refractivity contribution in [1.29, 1.82) is 0 Å². The number of aromatic nitrogens is 1. The number of nitrogens with two attached hydrogens (primary N) is 1. The van der Waals surface area contributed by atoms with E-state index in [4.69, 9.17) is 10.5 Å². The Morgan fingerprint density at radius 1 is 1.67 bits per heavy atom. The van der Waals surface area contributed by atoms with Crippen molar-refractivity contribution in [2.75, 3.05) is 12.8 Å². The van der Waals surface area contributed by atoms with Gasteiger partial charge in [0, 0.05) is 7.11 Å². The van der Waals surface area contributed by atoms with E-state index in [0.717, 1.165) is 22.1 Å². The van der Waals surface area contributed by atoms with Crippen molar-refractivity contribution < 1.29 is 4.74 Å². The maximum Gasteiger partial charge on any atom is 0.112 e. The van der Waals surface area contributed by atoms with Crippen molar-refractivity contribution in [3.8, 4) is 0 Å². The molecule has 1 rings (SSSR count). The highest BCUT2D eigenvalue weighted by Gasteiger charge is 2.15. The molecule has 0 aliphatic rings. The highest BCUT2D eigenvalue weighted by molar-refractivity contribution is 7.15. The lowest BCUT2D eigenvalue weighted by molar-refractivity contribution is 0.0975. The highest BCUT2D eigenvalue weighted by atomic mass is 32.1. The summed E-state index contributed by atoms with van der Waals surface area (Å²) in [4.78, 5) is 4.32. The molecule has 1 aromatic heterocycles. The Labute approximate surface area is 76.6 Å². The van der Waals surface area contributed by atoms with Crippen LogP contribution in [-0.2, 0) is 4.74 Å². The van der Waals surface area contributed by atoms with Crippen LogP contribution in [0.5, 0.6) is 0 Å². The fraction of sp³-hybridized carbons (Fsp3) is 0.625. The first-order valence-corrected chi connectivity index (χ1v) is 4.76. The number of anilines is 1. The van der Waals surface area contributed by atoms with Crippen LogP contribution in [0.25, 0.3) is 0 Å². The summed E-state index contributed by atoms with van der Waals surface area (Å²) in [7, 11) is 1.68. The van der Waals surface area contributed by atoms with Crippen molar-refractivity contribution in [2.45, 2.75) is 26.4 Å². The normalized spacial score (nSPS) is 13.2. The van der Waals surface area contributed by atoms with E-state index < -0.39 is 0 Å². The lowest BCUT2D eigenvalue weighted by Gasteiger charge is -2.10. The first-order chi connectivity index (χ1) is 5.69. The number of hydrogen-bond donors (Lipinski definition) is 1. The number of thiazole rings is 1. The summed E-state index contributed by atoms with van der Waals surface area (Å²) in [6.07, 6.45) is 0.957. The molecule has 0 fully saturated rings. The minimum Gasteiger partial charge on any atom is -0.389 e. The van der Waals surface area contributed by atoms with E-state index in [1.807, 2.05) is 6.92 Å². The van der Waals surface area contributed by atoms with E-state index in [1.54, 1.807) is 7.11 Å². The molecule has 1 aromatic rings. The SMILES string of the molecule is CCC(OC)c1nc(C)sc1N. The molecule has 68 valence electrons. The van der Waals surface area contributed by atoms with E-state index in [2.05, 4.69) is 11.9 Å². The summed E-state index contributed by atoms with van der Waals surface area (Å²) in [5.74, 6) is 0. The second-order valence-electron chi connectivity index (χ2n) is 2.61. The summed E-state index contributed by atoms with van der Waals surface area (Å²) in [5, 5.41) is 1.78. The number of hydrogen-bond acceptors (Lipinski definition) is 4. The van der Waals surface area contributed by atoms with Gasteiger partial charge in [0.15, 0.2) is 0 Å². The number of aryl methyl sites for hydroxylation is 1. The minimum atomic E-state index is 0.0509. The highest BCUT2D eigenvalue weighted by Crippen LogP contribution is 2.29. The fourth-order valence-corrected chi connectivity index (χ4v) is 1.91. The van der Waals surface area contributed by atoms with Gasteiger partial charge in [-0.25, -0.2) is 4.98 Å². The van der Waals surface area contributed by atoms with Crippen LogP contribution >= 0.6 is 11.3 Å². The first kappa shape index (κ1) is 9.48. The van der Waals surface area contributed by atoms with Gasteiger partial charge in [-0.15, -0.1) is 11.3 Å². The zero-order chi connectivity index (χ0) is 9.14. The predicted molar refractivity (Wildman–Crippen MR) is 51.3 cm³/mol. The molecule has 12 heavy (non-hydrogen) atoms. The number of ether oxygens (including phenoxy) is 1. The van der Waals surface area contributed by atoms with Crippen LogP contribution in [0.2, 0.25) is 0 Å². The van der Waals surface area contributed by atoms with Gasteiger partial charge in [-0.3, -0.25) is 0 Å². The van der Waals surface area contributed by atoms with E-state index in [0.29, 0.717) is 0 Å². The zero-order valence-electron chi connectivity index (χ0n) is 7.63. The van der Waals surface area contributed by atoms with Crippen molar-refractivity contribution in [1.82, 2.24) is 4.98 Å². The second-order valence-corrected chi connectivity index (χ2v) is 3.85. The number of nitrogens with zero attached hydrogens (tertiary/aromatic N) is 1. The van der Waals surface area contributed by atoms with Crippen LogP contribution in [-0.4, -0.2) is 12.1 Å². The van der Waals surface area contributed by atoms with Crippen molar-refractivity contribution in [3.05, 3.63) is 10.7 Å². The van der Waals surface area contributed by atoms with Gasteiger partial charge >= 0.3 is 0 Å². The van der Waals surface area contributed by atoms with Crippen molar-refractivity contribution in [2.24, 2.45) is 0 Å². The van der Waals surface area contributed by atoms with E-state index >= 15 is 0 Å². The Bertz CT molecular complexity index is 256. The van der Waals surface area contributed by atoms with E-state index in [9.17, 15) is 0 Å². The summed E-state index contributed by atoms with van der Waals surface area (Å²) in [6.45, 7) is 4.01. The van der Waals surface area contributed by atoms with Crippen molar-refractivity contribution in [3.63, 3.8) is 0 Å².